The van der Waals surface area contributed by atoms with Gasteiger partial charge in [0.05, 0.1) is 18.4 Å². The van der Waals surface area contributed by atoms with Crippen LogP contribution in [0.4, 0.5) is 11.4 Å². The molecule has 1 saturated heterocycles. The van der Waals surface area contributed by atoms with E-state index in [9.17, 15) is 0 Å². The second-order valence-corrected chi connectivity index (χ2v) is 6.07. The lowest BCUT2D eigenvalue weighted by molar-refractivity contribution is -0.0586. The lowest BCUT2D eigenvalue weighted by Crippen LogP contribution is -2.13. The van der Waals surface area contributed by atoms with Crippen molar-refractivity contribution in [3.05, 3.63) is 64.9 Å². The topological polar surface area (TPSA) is 67.8 Å². The summed E-state index contributed by atoms with van der Waals surface area (Å²) < 4.78 is 6.70. The molecule has 24 heavy (non-hydrogen) atoms. The van der Waals surface area contributed by atoms with Crippen LogP contribution in [-0.4, -0.2) is 17.6 Å². The maximum absolute atomic E-state index is 5.67. The average Bonchev–Trinajstić information content (AvgIpc) is 3.05. The van der Waals surface area contributed by atoms with Gasteiger partial charge in [0.25, 0.3) is 6.29 Å². The van der Waals surface area contributed by atoms with Crippen molar-refractivity contribution >= 4 is 33.3 Å². The molecule has 1 atom stereocenters. The van der Waals surface area contributed by atoms with Crippen LogP contribution in [0, 0.1) is 6.92 Å². The van der Waals surface area contributed by atoms with Gasteiger partial charge in [-0.25, -0.2) is 15.3 Å². The Hall–Kier alpha value is -2.38. The number of rotatable bonds is 5. The molecule has 6 nitrogen and oxygen atoms in total. The molecule has 0 saturated carbocycles. The van der Waals surface area contributed by atoms with E-state index in [0.29, 0.717) is 12.6 Å². The van der Waals surface area contributed by atoms with Gasteiger partial charge in [0.15, 0.2) is 0 Å². The molecule has 1 fully saturated rings. The summed E-state index contributed by atoms with van der Waals surface area (Å²) in [4.78, 5) is 13.8. The number of benzene rings is 1. The zero-order valence-corrected chi connectivity index (χ0v) is 14.7. The van der Waals surface area contributed by atoms with Crippen LogP contribution in [0.15, 0.2) is 58.8 Å². The van der Waals surface area contributed by atoms with E-state index < -0.39 is 6.29 Å². The van der Waals surface area contributed by atoms with Gasteiger partial charge in [-0.15, -0.1) is 6.58 Å². The monoisotopic (exact) mass is 388 g/mol. The van der Waals surface area contributed by atoms with Crippen molar-refractivity contribution in [3.8, 4) is 0 Å². The average molecular weight is 389 g/mol. The molecule has 1 unspecified atom stereocenters. The summed E-state index contributed by atoms with van der Waals surface area (Å²) in [7, 11) is 0. The quantitative estimate of drug-likeness (QED) is 0.757. The molecule has 0 aliphatic carbocycles. The predicted molar refractivity (Wildman–Crippen MR) is 96.9 cm³/mol. The fraction of sp³-hybridized carbons (Fsp3) is 0.176. The Kier molecular flexibility index (Phi) is 5.12. The molecule has 0 radical (unpaired) electrons. The summed E-state index contributed by atoms with van der Waals surface area (Å²) in [5.41, 5.74) is 6.40. The zero-order chi connectivity index (χ0) is 16.9. The smallest absolute Gasteiger partial charge is 0.312 e. The molecule has 0 spiro atoms. The molecule has 124 valence electrons. The van der Waals surface area contributed by atoms with Gasteiger partial charge in [-0.2, -0.15) is 0 Å². The minimum absolute atomic E-state index is 0.336. The van der Waals surface area contributed by atoms with Crippen LogP contribution in [0.2, 0.25) is 0 Å². The third-order valence-corrected chi connectivity index (χ3v) is 3.90. The number of aliphatic imine (C=N–C) groups is 1. The molecule has 2 aromatic rings. The van der Waals surface area contributed by atoms with Crippen molar-refractivity contribution in [2.45, 2.75) is 13.2 Å². The molecule has 2 N–H and O–H groups in total. The Bertz CT molecular complexity index is 779. The fourth-order valence-corrected chi connectivity index (χ4v) is 2.70. The van der Waals surface area contributed by atoms with Gasteiger partial charge in [0.2, 0.25) is 0 Å². The standard InChI is InChI=1S/C17H17BrN4O2/c1-3-7-20-17-22-24-16(23-17)13-6-8-19-10-15(13)21-14-5-4-12(18)9-11(14)2/h3-6,8-10,16,21H,1,7H2,2H3,(H,20,22). The van der Waals surface area contributed by atoms with E-state index in [2.05, 4.69) is 43.3 Å². The van der Waals surface area contributed by atoms with Crippen LogP contribution in [0.25, 0.3) is 0 Å². The largest absolute Gasteiger partial charge is 0.427 e. The molecule has 1 aromatic carbocycles. The summed E-state index contributed by atoms with van der Waals surface area (Å²) in [6.45, 7) is 6.11. The van der Waals surface area contributed by atoms with Gasteiger partial charge < -0.3 is 10.1 Å². The first-order valence-electron chi connectivity index (χ1n) is 7.38. The number of nitrogens with one attached hydrogen (secondary N) is 2. The van der Waals surface area contributed by atoms with E-state index in [1.54, 1.807) is 18.5 Å². The van der Waals surface area contributed by atoms with Crippen LogP contribution < -0.4 is 10.8 Å². The van der Waals surface area contributed by atoms with Gasteiger partial charge >= 0.3 is 6.02 Å². The van der Waals surface area contributed by atoms with E-state index in [-0.39, 0.29) is 0 Å². The van der Waals surface area contributed by atoms with Gasteiger partial charge in [-0.1, -0.05) is 22.0 Å². The van der Waals surface area contributed by atoms with E-state index in [0.717, 1.165) is 27.0 Å². The highest BCUT2D eigenvalue weighted by atomic mass is 79.9. The number of hydroxylamine groups is 1. The Morgan fingerprint density at radius 1 is 1.42 bits per heavy atom. The number of hydrogen-bond donors (Lipinski definition) is 2. The minimum Gasteiger partial charge on any atom is -0.427 e. The summed E-state index contributed by atoms with van der Waals surface area (Å²) in [5, 5.41) is 3.38. The van der Waals surface area contributed by atoms with Crippen molar-refractivity contribution in [1.29, 1.82) is 0 Å². The Morgan fingerprint density at radius 3 is 3.08 bits per heavy atom. The van der Waals surface area contributed by atoms with Gasteiger partial charge in [-0.3, -0.25) is 4.98 Å². The van der Waals surface area contributed by atoms with E-state index >= 15 is 0 Å². The van der Waals surface area contributed by atoms with Crippen LogP contribution in [-0.2, 0) is 9.57 Å². The molecule has 7 heteroatoms. The second-order valence-electron chi connectivity index (χ2n) is 5.15. The lowest BCUT2D eigenvalue weighted by Gasteiger charge is -2.15. The fourth-order valence-electron chi connectivity index (χ4n) is 2.23. The highest BCUT2D eigenvalue weighted by molar-refractivity contribution is 9.10. The van der Waals surface area contributed by atoms with Crippen LogP contribution in [0.5, 0.6) is 0 Å². The number of halogens is 1. The number of aromatic nitrogens is 1. The van der Waals surface area contributed by atoms with Crippen molar-refractivity contribution in [2.75, 3.05) is 11.9 Å². The number of aryl methyl sites for hydroxylation is 1. The van der Waals surface area contributed by atoms with Gasteiger partial charge in [-0.05, 0) is 36.8 Å². The Balaban J connectivity index is 1.82. The molecule has 1 aromatic heterocycles. The minimum atomic E-state index is -0.602. The highest BCUT2D eigenvalue weighted by Crippen LogP contribution is 2.31. The van der Waals surface area contributed by atoms with Crippen molar-refractivity contribution in [3.63, 3.8) is 0 Å². The maximum Gasteiger partial charge on any atom is 0.312 e. The van der Waals surface area contributed by atoms with E-state index in [1.807, 2.05) is 31.2 Å². The summed E-state index contributed by atoms with van der Waals surface area (Å²) >= 11 is 3.47. The number of amidine groups is 1. The third-order valence-electron chi connectivity index (χ3n) is 3.40. The normalized spacial score (nSPS) is 18.1. The summed E-state index contributed by atoms with van der Waals surface area (Å²) in [6, 6.07) is 8.21. The van der Waals surface area contributed by atoms with Crippen molar-refractivity contribution in [1.82, 2.24) is 10.5 Å². The number of nitrogens with zero attached hydrogens (tertiary/aromatic N) is 2. The SMILES string of the molecule is C=CCN=C1NOC(c2ccncc2Nc2ccc(Br)cc2C)O1. The Labute approximate surface area is 148 Å². The van der Waals surface area contributed by atoms with Crippen LogP contribution >= 0.6 is 15.9 Å². The third kappa shape index (κ3) is 3.74. The molecule has 0 amide bonds. The molecular formula is C17H17BrN4O2. The number of ether oxygens (including phenoxy) is 1. The molecule has 1 aliphatic rings. The first kappa shape index (κ1) is 16.5. The van der Waals surface area contributed by atoms with Gasteiger partial charge in [0.1, 0.15) is 0 Å². The van der Waals surface area contributed by atoms with Crippen molar-refractivity contribution < 1.29 is 9.57 Å². The highest BCUT2D eigenvalue weighted by Gasteiger charge is 2.26. The van der Waals surface area contributed by atoms with E-state index in [4.69, 9.17) is 9.57 Å². The van der Waals surface area contributed by atoms with Gasteiger partial charge in [0, 0.05) is 21.9 Å². The Morgan fingerprint density at radius 2 is 2.29 bits per heavy atom. The summed E-state index contributed by atoms with van der Waals surface area (Å²) in [5.74, 6) is 0. The molecule has 3 rings (SSSR count). The molecule has 2 heterocycles. The number of pyridine rings is 1. The number of hydrogen-bond acceptors (Lipinski definition) is 5. The molecular weight excluding hydrogens is 372 g/mol. The number of anilines is 2. The first-order chi connectivity index (χ1) is 11.7. The second kappa shape index (κ2) is 7.46. The van der Waals surface area contributed by atoms with Crippen LogP contribution in [0.3, 0.4) is 0 Å². The van der Waals surface area contributed by atoms with Crippen molar-refractivity contribution in [2.24, 2.45) is 4.99 Å². The zero-order valence-electron chi connectivity index (χ0n) is 13.1. The first-order valence-corrected chi connectivity index (χ1v) is 8.17. The maximum atomic E-state index is 5.67. The van der Waals surface area contributed by atoms with E-state index in [1.165, 1.54) is 0 Å². The predicted octanol–water partition coefficient (Wildman–Crippen LogP) is 3.99. The molecule has 1 aliphatic heterocycles. The van der Waals surface area contributed by atoms with Crippen LogP contribution in [0.1, 0.15) is 17.4 Å². The lowest BCUT2D eigenvalue weighted by atomic mass is 10.1. The molecule has 0 bridgehead atoms. The summed E-state index contributed by atoms with van der Waals surface area (Å²) in [6.07, 6.45) is 4.51.